The normalized spacial score (nSPS) is 17.5. The molecule has 194 valence electrons. The zero-order valence-corrected chi connectivity index (χ0v) is 22.6. The van der Waals surface area contributed by atoms with E-state index in [4.69, 9.17) is 16.1 Å². The number of hydrogen-bond acceptors (Lipinski definition) is 7. The van der Waals surface area contributed by atoms with Gasteiger partial charge in [-0.1, -0.05) is 35.0 Å². The van der Waals surface area contributed by atoms with Crippen molar-refractivity contribution >= 4 is 49.6 Å². The fraction of sp³-hybridized carbons (Fsp3) is 0.185. The smallest absolute Gasteiger partial charge is 0.253 e. The quantitative estimate of drug-likeness (QED) is 0.246. The zero-order chi connectivity index (χ0) is 26.9. The monoisotopic (exact) mass is 567 g/mol. The molecule has 0 spiro atoms. The molecule has 0 aliphatic carbocycles. The van der Waals surface area contributed by atoms with Crippen LogP contribution in [0.5, 0.6) is 0 Å². The van der Waals surface area contributed by atoms with Crippen LogP contribution in [0.3, 0.4) is 0 Å². The summed E-state index contributed by atoms with van der Waals surface area (Å²) in [5, 5.41) is 6.19. The summed E-state index contributed by atoms with van der Waals surface area (Å²) in [6.45, 7) is 2.74. The molecule has 11 heteroatoms. The van der Waals surface area contributed by atoms with Crippen molar-refractivity contribution in [1.82, 2.24) is 14.4 Å². The lowest BCUT2D eigenvalue weighted by Gasteiger charge is -2.39. The Morgan fingerprint density at radius 2 is 1.79 bits per heavy atom. The average molecular weight is 568 g/mol. The maximum absolute atomic E-state index is 13.9. The highest BCUT2D eigenvalue weighted by molar-refractivity contribution is 8.00. The number of rotatable bonds is 6. The molecule has 2 aromatic carbocycles. The highest BCUT2D eigenvalue weighted by atomic mass is 35.5. The fourth-order valence-corrected chi connectivity index (χ4v) is 7.82. The first-order chi connectivity index (χ1) is 18.3. The van der Waals surface area contributed by atoms with E-state index in [1.807, 2.05) is 13.0 Å². The predicted molar refractivity (Wildman–Crippen MR) is 145 cm³/mol. The number of hydrogen-bond donors (Lipinski definition) is 0. The molecule has 38 heavy (non-hydrogen) atoms. The van der Waals surface area contributed by atoms with Crippen molar-refractivity contribution in [2.75, 3.05) is 19.6 Å². The number of nitrogens with zero attached hydrogens (tertiary/aromatic N) is 3. The molecular weight excluding hydrogens is 546 g/mol. The lowest BCUT2D eigenvalue weighted by atomic mass is 10.1. The van der Waals surface area contributed by atoms with Crippen LogP contribution in [0.25, 0.3) is 10.6 Å². The molecule has 1 aliphatic rings. The number of ketones is 1. The Labute approximate surface area is 228 Å². The van der Waals surface area contributed by atoms with Gasteiger partial charge in [-0.3, -0.25) is 9.59 Å². The van der Waals surface area contributed by atoms with E-state index >= 15 is 0 Å². The third kappa shape index (κ3) is 4.97. The van der Waals surface area contributed by atoms with E-state index in [9.17, 15) is 18.6 Å². The Kier molecular flexibility index (Phi) is 7.34. The Balaban J connectivity index is 1.34. The molecule has 2 aromatic heterocycles. The SMILES string of the molecule is CC1CN(C(=O)c2ccccc2)CCN1S(=O)(=C=O)c1ccc(-c2cc(C(=O)c3ccc(Cl)cc3)no2)s1. The lowest BCUT2D eigenvalue weighted by Crippen LogP contribution is -2.55. The van der Waals surface area contributed by atoms with E-state index in [-0.39, 0.29) is 30.0 Å². The van der Waals surface area contributed by atoms with Gasteiger partial charge in [-0.15, -0.1) is 11.3 Å². The molecule has 3 heterocycles. The Morgan fingerprint density at radius 3 is 2.47 bits per heavy atom. The Hall–Kier alpha value is -3.53. The summed E-state index contributed by atoms with van der Waals surface area (Å²) < 4.78 is 21.3. The number of aromatic nitrogens is 1. The number of benzene rings is 2. The standard InChI is InChI=1S/C27H22ClN3O5S2/c1-18-16-30(27(34)20-5-3-2-4-6-20)13-14-31(18)38(35,17-32)25-12-11-24(37-25)23-15-22(29-36-23)26(33)19-7-9-21(28)10-8-19/h2-12,15,18H,13-14,16H2,1H3. The van der Waals surface area contributed by atoms with E-state index in [0.29, 0.717) is 44.1 Å². The van der Waals surface area contributed by atoms with Crippen LogP contribution in [0.4, 0.5) is 0 Å². The van der Waals surface area contributed by atoms with Crippen molar-refractivity contribution in [3.63, 3.8) is 0 Å². The minimum absolute atomic E-state index is 0.105. The van der Waals surface area contributed by atoms with Gasteiger partial charge in [0.25, 0.3) is 5.91 Å². The van der Waals surface area contributed by atoms with Crippen molar-refractivity contribution < 1.29 is 23.1 Å². The molecule has 0 saturated carbocycles. The van der Waals surface area contributed by atoms with Gasteiger partial charge in [0.05, 0.1) is 4.88 Å². The predicted octanol–water partition coefficient (Wildman–Crippen LogP) is 4.76. The largest absolute Gasteiger partial charge is 0.355 e. The molecule has 0 radical (unpaired) electrons. The molecular formula is C27H22ClN3O5S2. The lowest BCUT2D eigenvalue weighted by molar-refractivity contribution is 0.0647. The number of halogens is 1. The number of carbonyl (C=O) groups is 2. The summed E-state index contributed by atoms with van der Waals surface area (Å²) in [6, 6.07) is 19.9. The molecule has 1 saturated heterocycles. The zero-order valence-electron chi connectivity index (χ0n) is 20.2. The number of piperazine rings is 1. The van der Waals surface area contributed by atoms with Gasteiger partial charge in [-0.2, -0.15) is 0 Å². The molecule has 5 rings (SSSR count). The third-order valence-corrected chi connectivity index (χ3v) is 10.4. The summed E-state index contributed by atoms with van der Waals surface area (Å²) >= 11 is 7.01. The minimum atomic E-state index is -3.35. The van der Waals surface area contributed by atoms with Gasteiger partial charge in [0.1, 0.15) is 13.9 Å². The molecule has 0 N–H and O–H groups in total. The van der Waals surface area contributed by atoms with Crippen molar-refractivity contribution in [2.24, 2.45) is 0 Å². The second-order valence-electron chi connectivity index (χ2n) is 8.75. The van der Waals surface area contributed by atoms with E-state index in [2.05, 4.69) is 5.16 Å². The third-order valence-electron chi connectivity index (χ3n) is 6.26. The van der Waals surface area contributed by atoms with Gasteiger partial charge < -0.3 is 9.42 Å². The second-order valence-corrected chi connectivity index (χ2v) is 12.7. The molecule has 2 unspecified atom stereocenters. The maximum atomic E-state index is 13.9. The van der Waals surface area contributed by atoms with Gasteiger partial charge in [-0.05, 0) is 55.5 Å². The second kappa shape index (κ2) is 10.7. The first-order valence-corrected chi connectivity index (χ1v) is 14.4. The van der Waals surface area contributed by atoms with Gasteiger partial charge >= 0.3 is 0 Å². The van der Waals surface area contributed by atoms with Crippen LogP contribution in [-0.2, 0) is 14.5 Å². The fourth-order valence-electron chi connectivity index (χ4n) is 4.32. The first-order valence-electron chi connectivity index (χ1n) is 11.7. The van der Waals surface area contributed by atoms with Crippen LogP contribution < -0.4 is 0 Å². The summed E-state index contributed by atoms with van der Waals surface area (Å²) in [6.07, 6.45) is 0. The summed E-state index contributed by atoms with van der Waals surface area (Å²) in [7, 11) is -3.35. The van der Waals surface area contributed by atoms with E-state index in [1.165, 1.54) is 6.07 Å². The summed E-state index contributed by atoms with van der Waals surface area (Å²) in [5.74, 6) is -0.112. The highest BCUT2D eigenvalue weighted by Gasteiger charge is 2.35. The molecule has 4 aromatic rings. The van der Waals surface area contributed by atoms with Gasteiger partial charge in [0.15, 0.2) is 11.5 Å². The highest BCUT2D eigenvalue weighted by Crippen LogP contribution is 2.34. The van der Waals surface area contributed by atoms with Crippen LogP contribution in [0, 0.1) is 0 Å². The van der Waals surface area contributed by atoms with E-state index in [1.54, 1.807) is 75.1 Å². The van der Waals surface area contributed by atoms with Crippen LogP contribution in [0.2, 0.25) is 5.02 Å². The van der Waals surface area contributed by atoms with Crippen molar-refractivity contribution in [1.29, 1.82) is 0 Å². The van der Waals surface area contributed by atoms with Crippen LogP contribution in [-0.4, -0.2) is 61.2 Å². The van der Waals surface area contributed by atoms with Gasteiger partial charge in [-0.25, -0.2) is 13.3 Å². The summed E-state index contributed by atoms with van der Waals surface area (Å²) in [5.41, 5.74) is 1.12. The molecule has 2 atom stereocenters. The van der Waals surface area contributed by atoms with Crippen molar-refractivity contribution in [2.45, 2.75) is 17.2 Å². The average Bonchev–Trinajstić information content (AvgIpc) is 3.63. The van der Waals surface area contributed by atoms with E-state index < -0.39 is 9.71 Å². The maximum Gasteiger partial charge on any atom is 0.253 e. The molecule has 1 fully saturated rings. The molecule has 0 bridgehead atoms. The van der Waals surface area contributed by atoms with Gasteiger partial charge in [0.2, 0.25) is 11.0 Å². The van der Waals surface area contributed by atoms with Crippen LogP contribution in [0.1, 0.15) is 33.3 Å². The topological polar surface area (TPSA) is 101 Å². The Morgan fingerprint density at radius 1 is 1.05 bits per heavy atom. The van der Waals surface area contributed by atoms with Gasteiger partial charge in [0, 0.05) is 47.9 Å². The first kappa shape index (κ1) is 26.1. The minimum Gasteiger partial charge on any atom is -0.355 e. The molecule has 1 aliphatic heterocycles. The van der Waals surface area contributed by atoms with E-state index in [0.717, 1.165) is 11.3 Å². The molecule has 8 nitrogen and oxygen atoms in total. The Bertz CT molecular complexity index is 1630. The summed E-state index contributed by atoms with van der Waals surface area (Å²) in [4.78, 5) is 40.0. The number of amides is 1. The van der Waals surface area contributed by atoms with Crippen molar-refractivity contribution in [3.8, 4) is 10.6 Å². The molecule has 1 amide bonds. The number of thiophene rings is 1. The van der Waals surface area contributed by atoms with Crippen LogP contribution in [0.15, 0.2) is 81.5 Å². The van der Waals surface area contributed by atoms with Crippen molar-refractivity contribution in [3.05, 3.63) is 94.6 Å². The number of carbonyl (C=O) groups excluding carboxylic acids is 3. The van der Waals surface area contributed by atoms with Crippen LogP contribution >= 0.6 is 22.9 Å².